The number of ether oxygens (including phenoxy) is 1. The molecule has 0 saturated carbocycles. The van der Waals surface area contributed by atoms with E-state index in [1.54, 1.807) is 20.8 Å². The number of hydrogen-bond acceptors (Lipinski definition) is 8. The second-order valence-corrected chi connectivity index (χ2v) is 9.21. The predicted octanol–water partition coefficient (Wildman–Crippen LogP) is 2.18. The fraction of sp³-hybridized carbons (Fsp3) is 0.562. The van der Waals surface area contributed by atoms with Crippen molar-refractivity contribution in [1.29, 1.82) is 0 Å². The fourth-order valence-corrected chi connectivity index (χ4v) is 4.24. The molecule has 0 aliphatic carbocycles. The molecular formula is C16H22N4O8S. The zero-order valence-electron chi connectivity index (χ0n) is 16.2. The number of nitrogens with zero attached hydrogens (tertiary/aromatic N) is 3. The first-order valence-corrected chi connectivity index (χ1v) is 10.2. The average molecular weight is 430 g/mol. The Balaban J connectivity index is 2.10. The van der Waals surface area contributed by atoms with Crippen molar-refractivity contribution >= 4 is 27.5 Å². The molecule has 2 rings (SSSR count). The summed E-state index contributed by atoms with van der Waals surface area (Å²) in [6.45, 7) is 5.73. The summed E-state index contributed by atoms with van der Waals surface area (Å²) >= 11 is 0. The number of likely N-dealkylation sites (tertiary alicyclic amines) is 1. The zero-order chi connectivity index (χ0) is 22.0. The van der Waals surface area contributed by atoms with Gasteiger partial charge in [0.25, 0.3) is 11.4 Å². The van der Waals surface area contributed by atoms with Crippen LogP contribution in [0.1, 0.15) is 33.6 Å². The van der Waals surface area contributed by atoms with Gasteiger partial charge in [-0.05, 0) is 39.7 Å². The summed E-state index contributed by atoms with van der Waals surface area (Å²) in [5.74, 6) is 0. The maximum absolute atomic E-state index is 12.6. The Bertz CT molecular complexity index is 917. The van der Waals surface area contributed by atoms with Gasteiger partial charge in [0.15, 0.2) is 4.90 Å². The van der Waals surface area contributed by atoms with Gasteiger partial charge in [0.05, 0.1) is 15.9 Å². The van der Waals surface area contributed by atoms with Crippen LogP contribution in [0.25, 0.3) is 0 Å². The number of piperidine rings is 1. The van der Waals surface area contributed by atoms with E-state index in [-0.39, 0.29) is 13.1 Å². The maximum atomic E-state index is 12.6. The van der Waals surface area contributed by atoms with E-state index in [1.807, 2.05) is 0 Å². The van der Waals surface area contributed by atoms with Gasteiger partial charge in [-0.2, -0.15) is 0 Å². The Kier molecular flexibility index (Phi) is 6.43. The van der Waals surface area contributed by atoms with Crippen LogP contribution in [-0.2, 0) is 14.8 Å². The van der Waals surface area contributed by atoms with Crippen LogP contribution in [0.15, 0.2) is 23.1 Å². The summed E-state index contributed by atoms with van der Waals surface area (Å²) in [6.07, 6.45) is 0.0863. The third-order valence-corrected chi connectivity index (χ3v) is 5.68. The van der Waals surface area contributed by atoms with Gasteiger partial charge in [-0.25, -0.2) is 17.9 Å². The first-order valence-electron chi connectivity index (χ1n) is 8.73. The van der Waals surface area contributed by atoms with Gasteiger partial charge in [-0.15, -0.1) is 0 Å². The summed E-state index contributed by atoms with van der Waals surface area (Å²) in [5.41, 5.74) is -2.11. The number of benzene rings is 1. The molecule has 1 aliphatic rings. The average Bonchev–Trinajstić information content (AvgIpc) is 2.59. The molecule has 1 aliphatic heterocycles. The Morgan fingerprint density at radius 2 is 1.76 bits per heavy atom. The van der Waals surface area contributed by atoms with Crippen LogP contribution < -0.4 is 4.72 Å². The lowest BCUT2D eigenvalue weighted by Crippen LogP contribution is -2.47. The first-order chi connectivity index (χ1) is 13.3. The molecule has 29 heavy (non-hydrogen) atoms. The lowest BCUT2D eigenvalue weighted by molar-refractivity contribution is -0.396. The molecule has 12 nitrogen and oxygen atoms in total. The molecule has 1 heterocycles. The van der Waals surface area contributed by atoms with Gasteiger partial charge < -0.3 is 9.64 Å². The second kappa shape index (κ2) is 8.29. The highest BCUT2D eigenvalue weighted by molar-refractivity contribution is 7.89. The number of non-ortho nitro benzene ring substituents is 1. The van der Waals surface area contributed by atoms with E-state index in [2.05, 4.69) is 4.72 Å². The monoisotopic (exact) mass is 430 g/mol. The van der Waals surface area contributed by atoms with E-state index in [0.29, 0.717) is 18.9 Å². The van der Waals surface area contributed by atoms with Gasteiger partial charge in [0.2, 0.25) is 10.0 Å². The lowest BCUT2D eigenvalue weighted by atomic mass is 10.1. The van der Waals surface area contributed by atoms with Gasteiger partial charge in [-0.1, -0.05) is 0 Å². The molecule has 1 aromatic carbocycles. The number of nitro groups is 2. The summed E-state index contributed by atoms with van der Waals surface area (Å²) in [4.78, 5) is 33.1. The molecular weight excluding hydrogens is 408 g/mol. The van der Waals surface area contributed by atoms with Crippen molar-refractivity contribution in [2.75, 3.05) is 13.1 Å². The van der Waals surface area contributed by atoms with Crippen molar-refractivity contribution in [3.8, 4) is 0 Å². The Morgan fingerprint density at radius 1 is 1.17 bits per heavy atom. The molecule has 1 saturated heterocycles. The SMILES string of the molecule is CC(C)(C)OC(=O)N1CCC(NS(=O)(=O)c2ccc([N+](=O)[O-])cc2[N+](=O)[O-])CC1. The maximum Gasteiger partial charge on any atom is 0.410 e. The fourth-order valence-electron chi connectivity index (χ4n) is 2.78. The minimum absolute atomic E-state index is 0.254. The number of nitro benzene ring substituents is 2. The summed E-state index contributed by atoms with van der Waals surface area (Å²) in [6, 6.07) is 1.80. The van der Waals surface area contributed by atoms with Gasteiger partial charge in [0.1, 0.15) is 5.60 Å². The Hall–Kier alpha value is -2.80. The van der Waals surface area contributed by atoms with Gasteiger partial charge >= 0.3 is 6.09 Å². The lowest BCUT2D eigenvalue weighted by Gasteiger charge is -2.33. The van der Waals surface area contributed by atoms with E-state index < -0.39 is 53.9 Å². The summed E-state index contributed by atoms with van der Waals surface area (Å²) in [7, 11) is -4.29. The van der Waals surface area contributed by atoms with Crippen molar-refractivity contribution in [2.24, 2.45) is 0 Å². The number of nitrogens with one attached hydrogen (secondary N) is 1. The highest BCUT2D eigenvalue weighted by atomic mass is 32.2. The smallest absolute Gasteiger partial charge is 0.410 e. The van der Waals surface area contributed by atoms with E-state index in [9.17, 15) is 33.4 Å². The number of rotatable bonds is 5. The van der Waals surface area contributed by atoms with Crippen LogP contribution in [0.5, 0.6) is 0 Å². The van der Waals surface area contributed by atoms with E-state index in [1.165, 1.54) is 4.90 Å². The molecule has 0 aromatic heterocycles. The van der Waals surface area contributed by atoms with E-state index in [4.69, 9.17) is 4.74 Å². The molecule has 13 heteroatoms. The van der Waals surface area contributed by atoms with Crippen molar-refractivity contribution in [3.05, 3.63) is 38.4 Å². The Labute approximate surface area is 167 Å². The van der Waals surface area contributed by atoms with Crippen LogP contribution in [-0.4, -0.2) is 54.0 Å². The van der Waals surface area contributed by atoms with Crippen LogP contribution >= 0.6 is 0 Å². The largest absolute Gasteiger partial charge is 0.444 e. The molecule has 1 aromatic rings. The first kappa shape index (κ1) is 22.5. The minimum atomic E-state index is -4.29. The van der Waals surface area contributed by atoms with Gasteiger partial charge in [0, 0.05) is 25.2 Å². The van der Waals surface area contributed by atoms with Crippen LogP contribution in [0, 0.1) is 20.2 Å². The molecule has 1 fully saturated rings. The quantitative estimate of drug-likeness (QED) is 0.549. The van der Waals surface area contributed by atoms with Gasteiger partial charge in [-0.3, -0.25) is 20.2 Å². The minimum Gasteiger partial charge on any atom is -0.444 e. The topological polar surface area (TPSA) is 162 Å². The van der Waals surface area contributed by atoms with Crippen LogP contribution in [0.4, 0.5) is 16.2 Å². The molecule has 0 spiro atoms. The zero-order valence-corrected chi connectivity index (χ0v) is 17.0. The number of carbonyl (C=O) groups is 1. The highest BCUT2D eigenvalue weighted by Crippen LogP contribution is 2.29. The molecule has 1 N–H and O–H groups in total. The van der Waals surface area contributed by atoms with Crippen molar-refractivity contribution in [1.82, 2.24) is 9.62 Å². The highest BCUT2D eigenvalue weighted by Gasteiger charge is 2.33. The van der Waals surface area contributed by atoms with Crippen molar-refractivity contribution in [2.45, 2.75) is 50.2 Å². The van der Waals surface area contributed by atoms with Crippen LogP contribution in [0.3, 0.4) is 0 Å². The molecule has 0 radical (unpaired) electrons. The summed E-state index contributed by atoms with van der Waals surface area (Å²) in [5, 5.41) is 22.0. The summed E-state index contributed by atoms with van der Waals surface area (Å²) < 4.78 is 32.9. The molecule has 0 unspecified atom stereocenters. The normalized spacial score (nSPS) is 15.8. The molecule has 0 atom stereocenters. The molecule has 0 bridgehead atoms. The third kappa shape index (κ3) is 5.84. The number of amides is 1. The predicted molar refractivity (Wildman–Crippen MR) is 101 cm³/mol. The van der Waals surface area contributed by atoms with Crippen molar-refractivity contribution < 1.29 is 27.8 Å². The molecule has 160 valence electrons. The standard InChI is InChI=1S/C16H22N4O8S/c1-16(2,3)28-15(21)18-8-6-11(7-9-18)17-29(26,27)14-5-4-12(19(22)23)10-13(14)20(24)25/h4-5,10-11,17H,6-9H2,1-3H3. The number of sulfonamides is 1. The number of carbonyl (C=O) groups excluding carboxylic acids is 1. The number of hydrogen-bond donors (Lipinski definition) is 1. The van der Waals surface area contributed by atoms with Crippen molar-refractivity contribution in [3.63, 3.8) is 0 Å². The van der Waals surface area contributed by atoms with E-state index in [0.717, 1.165) is 12.1 Å². The molecule has 1 amide bonds. The second-order valence-electron chi connectivity index (χ2n) is 7.53. The Morgan fingerprint density at radius 3 is 2.24 bits per heavy atom. The van der Waals surface area contributed by atoms with Crippen LogP contribution in [0.2, 0.25) is 0 Å². The van der Waals surface area contributed by atoms with E-state index >= 15 is 0 Å². The third-order valence-electron chi connectivity index (χ3n) is 4.11.